The molecule has 0 unspecified atom stereocenters. The fraction of sp³-hybridized carbons (Fsp3) is 0.316. The molecule has 0 N–H and O–H groups in total. The maximum atomic E-state index is 6.57. The summed E-state index contributed by atoms with van der Waals surface area (Å²) in [5.41, 5.74) is 1.02. The van der Waals surface area contributed by atoms with Crippen molar-refractivity contribution in [2.75, 3.05) is 39.0 Å². The third kappa shape index (κ3) is 3.75. The minimum absolute atomic E-state index is 0.292. The van der Waals surface area contributed by atoms with Crippen molar-refractivity contribution in [3.63, 3.8) is 0 Å². The van der Waals surface area contributed by atoms with Crippen LogP contribution in [0.1, 0.15) is 6.42 Å². The average molecular weight is 456 g/mol. The van der Waals surface area contributed by atoms with E-state index in [1.807, 2.05) is 4.90 Å². The van der Waals surface area contributed by atoms with Gasteiger partial charge in [-0.25, -0.2) is 15.0 Å². The molecule has 0 bridgehead atoms. The highest BCUT2D eigenvalue weighted by Crippen LogP contribution is 2.45. The molecular weight excluding hydrogens is 439 g/mol. The van der Waals surface area contributed by atoms with Gasteiger partial charge in [-0.2, -0.15) is 0 Å². The first kappa shape index (κ1) is 20.2. The Kier molecular flexibility index (Phi) is 5.83. The first-order valence-electron chi connectivity index (χ1n) is 8.79. The molecule has 0 aliphatic carbocycles. The van der Waals surface area contributed by atoms with Gasteiger partial charge in [-0.3, -0.25) is 0 Å². The standard InChI is InChI=1S/C19H17Cl3N4O3/c1-27-12-7-13(28-2)17(22)15(16(12)21)18-24-11-8-23-14(20)6-10(11)19(25-18)26-4-3-5-29-9-26/h6-8H,3-5,9H2,1-2H3. The van der Waals surface area contributed by atoms with Gasteiger partial charge in [0.25, 0.3) is 0 Å². The van der Waals surface area contributed by atoms with Gasteiger partial charge in [-0.15, -0.1) is 0 Å². The Hall–Kier alpha value is -2.06. The van der Waals surface area contributed by atoms with Crippen LogP contribution in [0.15, 0.2) is 18.3 Å². The van der Waals surface area contributed by atoms with E-state index < -0.39 is 0 Å². The normalized spacial score (nSPS) is 14.3. The van der Waals surface area contributed by atoms with Crippen molar-refractivity contribution in [1.29, 1.82) is 0 Å². The Morgan fingerprint density at radius 3 is 2.38 bits per heavy atom. The lowest BCUT2D eigenvalue weighted by molar-refractivity contribution is 0.107. The number of hydrogen-bond acceptors (Lipinski definition) is 7. The number of nitrogens with zero attached hydrogens (tertiary/aromatic N) is 4. The zero-order valence-electron chi connectivity index (χ0n) is 15.7. The largest absolute Gasteiger partial charge is 0.495 e. The van der Waals surface area contributed by atoms with Crippen LogP contribution in [0.2, 0.25) is 15.2 Å². The first-order valence-corrected chi connectivity index (χ1v) is 9.93. The smallest absolute Gasteiger partial charge is 0.165 e. The summed E-state index contributed by atoms with van der Waals surface area (Å²) < 4.78 is 16.3. The van der Waals surface area contributed by atoms with E-state index >= 15 is 0 Å². The van der Waals surface area contributed by atoms with Crippen LogP contribution in [-0.4, -0.2) is 49.1 Å². The zero-order valence-corrected chi connectivity index (χ0v) is 18.0. The number of hydrogen-bond donors (Lipinski definition) is 0. The maximum Gasteiger partial charge on any atom is 0.165 e. The van der Waals surface area contributed by atoms with Crippen LogP contribution in [0.25, 0.3) is 22.3 Å². The van der Waals surface area contributed by atoms with E-state index in [2.05, 4.69) is 9.97 Å². The lowest BCUT2D eigenvalue weighted by Crippen LogP contribution is -2.34. The monoisotopic (exact) mass is 454 g/mol. The molecule has 1 aromatic carbocycles. The molecule has 1 saturated heterocycles. The number of rotatable bonds is 4. The Labute approximate surface area is 182 Å². The highest BCUT2D eigenvalue weighted by atomic mass is 35.5. The van der Waals surface area contributed by atoms with Gasteiger partial charge in [-0.1, -0.05) is 34.8 Å². The Balaban J connectivity index is 1.99. The molecular formula is C19H17Cl3N4O3. The van der Waals surface area contributed by atoms with Gasteiger partial charge in [0.05, 0.1) is 48.1 Å². The summed E-state index contributed by atoms with van der Waals surface area (Å²) in [7, 11) is 3.03. The van der Waals surface area contributed by atoms with Crippen LogP contribution in [0.3, 0.4) is 0 Å². The van der Waals surface area contributed by atoms with Crippen LogP contribution in [0, 0.1) is 0 Å². The minimum Gasteiger partial charge on any atom is -0.495 e. The highest BCUT2D eigenvalue weighted by molar-refractivity contribution is 6.41. The van der Waals surface area contributed by atoms with Crippen molar-refractivity contribution in [2.45, 2.75) is 6.42 Å². The number of methoxy groups -OCH3 is 2. The lowest BCUT2D eigenvalue weighted by Gasteiger charge is -2.29. The minimum atomic E-state index is 0.292. The molecule has 0 atom stereocenters. The summed E-state index contributed by atoms with van der Waals surface area (Å²) >= 11 is 19.3. The maximum absolute atomic E-state index is 6.57. The van der Waals surface area contributed by atoms with Crippen LogP contribution >= 0.6 is 34.8 Å². The quantitative estimate of drug-likeness (QED) is 0.521. The van der Waals surface area contributed by atoms with Gasteiger partial charge in [0.2, 0.25) is 0 Å². The summed E-state index contributed by atoms with van der Waals surface area (Å²) in [6.45, 7) is 1.90. The van der Waals surface area contributed by atoms with Crippen molar-refractivity contribution in [1.82, 2.24) is 15.0 Å². The summed E-state index contributed by atoms with van der Waals surface area (Å²) in [6, 6.07) is 3.36. The van der Waals surface area contributed by atoms with Crippen molar-refractivity contribution in [3.05, 3.63) is 33.5 Å². The van der Waals surface area contributed by atoms with Crippen LogP contribution in [0.4, 0.5) is 5.82 Å². The van der Waals surface area contributed by atoms with E-state index in [9.17, 15) is 0 Å². The second kappa shape index (κ2) is 8.36. The second-order valence-corrected chi connectivity index (χ2v) is 7.48. The van der Waals surface area contributed by atoms with Gasteiger partial charge >= 0.3 is 0 Å². The van der Waals surface area contributed by atoms with Crippen LogP contribution in [-0.2, 0) is 4.74 Å². The molecule has 0 radical (unpaired) electrons. The molecule has 1 fully saturated rings. The third-order valence-corrected chi connectivity index (χ3v) is 5.55. The highest BCUT2D eigenvalue weighted by Gasteiger charge is 2.24. The molecule has 1 aliphatic rings. The predicted octanol–water partition coefficient (Wildman–Crippen LogP) is 4.85. The molecule has 7 nitrogen and oxygen atoms in total. The average Bonchev–Trinajstić information content (AvgIpc) is 2.74. The van der Waals surface area contributed by atoms with Gasteiger partial charge < -0.3 is 19.1 Å². The summed E-state index contributed by atoms with van der Waals surface area (Å²) in [5, 5.41) is 1.70. The molecule has 29 heavy (non-hydrogen) atoms. The summed E-state index contributed by atoms with van der Waals surface area (Å²) in [6.07, 6.45) is 2.48. The van der Waals surface area contributed by atoms with Crippen molar-refractivity contribution in [2.24, 2.45) is 0 Å². The van der Waals surface area contributed by atoms with Gasteiger partial charge in [0, 0.05) is 18.0 Å². The van der Waals surface area contributed by atoms with E-state index in [1.54, 1.807) is 18.3 Å². The molecule has 2 aromatic heterocycles. The van der Waals surface area contributed by atoms with Gasteiger partial charge in [-0.05, 0) is 12.5 Å². The van der Waals surface area contributed by atoms with Crippen molar-refractivity contribution >= 4 is 51.5 Å². The van der Waals surface area contributed by atoms with E-state index in [-0.39, 0.29) is 0 Å². The number of ether oxygens (including phenoxy) is 3. The Morgan fingerprint density at radius 1 is 1.03 bits per heavy atom. The fourth-order valence-corrected chi connectivity index (χ4v) is 4.02. The van der Waals surface area contributed by atoms with Crippen molar-refractivity contribution in [3.8, 4) is 22.9 Å². The zero-order chi connectivity index (χ0) is 20.5. The third-order valence-electron chi connectivity index (χ3n) is 4.59. The van der Waals surface area contributed by atoms with Gasteiger partial charge in [0.15, 0.2) is 5.82 Å². The second-order valence-electron chi connectivity index (χ2n) is 6.33. The van der Waals surface area contributed by atoms with Crippen molar-refractivity contribution < 1.29 is 14.2 Å². The lowest BCUT2D eigenvalue weighted by atomic mass is 10.1. The first-order chi connectivity index (χ1) is 14.0. The molecule has 0 saturated carbocycles. The molecule has 0 spiro atoms. The number of halogens is 3. The molecule has 0 amide bonds. The molecule has 10 heteroatoms. The molecule has 152 valence electrons. The van der Waals surface area contributed by atoms with E-state index in [0.717, 1.165) is 18.4 Å². The predicted molar refractivity (Wildman–Crippen MR) is 114 cm³/mol. The number of anilines is 1. The van der Waals surface area contributed by atoms with E-state index in [1.165, 1.54) is 14.2 Å². The summed E-state index contributed by atoms with van der Waals surface area (Å²) in [4.78, 5) is 15.6. The number of aromatic nitrogens is 3. The van der Waals surface area contributed by atoms with Gasteiger partial charge in [0.1, 0.15) is 29.2 Å². The fourth-order valence-electron chi connectivity index (χ4n) is 3.19. The Bertz CT molecular complexity index is 1050. The number of pyridine rings is 1. The van der Waals surface area contributed by atoms with E-state index in [0.29, 0.717) is 62.8 Å². The van der Waals surface area contributed by atoms with Crippen LogP contribution in [0.5, 0.6) is 11.5 Å². The molecule has 1 aliphatic heterocycles. The molecule has 3 heterocycles. The number of fused-ring (bicyclic) bond motifs is 1. The van der Waals surface area contributed by atoms with Crippen LogP contribution < -0.4 is 14.4 Å². The topological polar surface area (TPSA) is 69.6 Å². The number of benzene rings is 1. The van der Waals surface area contributed by atoms with E-state index in [4.69, 9.17) is 54.0 Å². The molecule has 4 rings (SSSR count). The SMILES string of the molecule is COc1cc(OC)c(Cl)c(-c2nc(N3CCCOC3)c3cc(Cl)ncc3n2)c1Cl. The summed E-state index contributed by atoms with van der Waals surface area (Å²) in [5.74, 6) is 1.81. The molecule has 3 aromatic rings. The Morgan fingerprint density at radius 2 is 1.76 bits per heavy atom.